The van der Waals surface area contributed by atoms with E-state index in [1.807, 2.05) is 83.1 Å². The van der Waals surface area contributed by atoms with Crippen LogP contribution in [-0.2, 0) is 16.1 Å². The van der Waals surface area contributed by atoms with Crippen LogP contribution in [0.4, 0.5) is 0 Å². The van der Waals surface area contributed by atoms with E-state index in [2.05, 4.69) is 0 Å². The highest BCUT2D eigenvalue weighted by Crippen LogP contribution is 2.43. The number of carbonyl (C=O) groups excluding carboxylic acids is 2. The van der Waals surface area contributed by atoms with E-state index < -0.39 is 17.7 Å². The maximum atomic E-state index is 13.5. The summed E-state index contributed by atoms with van der Waals surface area (Å²) in [6.07, 6.45) is 0. The third kappa shape index (κ3) is 5.55. The lowest BCUT2D eigenvalue weighted by molar-refractivity contribution is -0.140. The van der Waals surface area contributed by atoms with Gasteiger partial charge in [-0.2, -0.15) is 0 Å². The van der Waals surface area contributed by atoms with E-state index >= 15 is 0 Å². The zero-order chi connectivity index (χ0) is 27.8. The molecule has 1 heterocycles. The SMILES string of the molecule is COc1c(Cl)cc(C)cc1/C(O)=C1\C(=O)C(=O)N(Cc2ccc(OC(C)(C)C)cc2)C1c1cccc(C)c1. The molecule has 1 amide bonds. The van der Waals surface area contributed by atoms with Crippen LogP contribution in [-0.4, -0.2) is 34.4 Å². The van der Waals surface area contributed by atoms with Crippen molar-refractivity contribution >= 4 is 29.1 Å². The number of halogens is 1. The third-order valence-corrected chi connectivity index (χ3v) is 6.53. The smallest absolute Gasteiger partial charge is 0.295 e. The van der Waals surface area contributed by atoms with Gasteiger partial charge in [0, 0.05) is 6.54 Å². The number of ether oxygens (including phenoxy) is 2. The van der Waals surface area contributed by atoms with Crippen LogP contribution in [0.1, 0.15) is 54.6 Å². The van der Waals surface area contributed by atoms with Gasteiger partial charge < -0.3 is 19.5 Å². The van der Waals surface area contributed by atoms with Crippen LogP contribution in [0.15, 0.2) is 66.2 Å². The predicted molar refractivity (Wildman–Crippen MR) is 149 cm³/mol. The first-order valence-corrected chi connectivity index (χ1v) is 12.7. The van der Waals surface area contributed by atoms with Crippen LogP contribution in [0.25, 0.3) is 5.76 Å². The number of nitrogens with zero attached hydrogens (tertiary/aromatic N) is 1. The fourth-order valence-corrected chi connectivity index (χ4v) is 5.05. The Labute approximate surface area is 228 Å². The zero-order valence-electron chi connectivity index (χ0n) is 22.5. The Bertz CT molecular complexity index is 1420. The summed E-state index contributed by atoms with van der Waals surface area (Å²) in [5.41, 5.74) is 3.19. The third-order valence-electron chi connectivity index (χ3n) is 6.25. The molecule has 1 aliphatic rings. The summed E-state index contributed by atoms with van der Waals surface area (Å²) in [6, 6.07) is 17.6. The number of hydrogen-bond donors (Lipinski definition) is 1. The standard InChI is InChI=1S/C31H32ClNO5/c1-18-8-7-9-21(14-18)26-25(27(34)23-15-19(2)16-24(32)29(23)37-6)28(35)30(36)33(26)17-20-10-12-22(13-11-20)38-31(3,4)5/h7-16,26,34H,17H2,1-6H3/b27-25+. The van der Waals surface area contributed by atoms with Crippen molar-refractivity contribution in [2.24, 2.45) is 0 Å². The molecule has 198 valence electrons. The number of aliphatic hydroxyl groups excluding tert-OH is 1. The predicted octanol–water partition coefficient (Wildman–Crippen LogP) is 6.76. The second-order valence-electron chi connectivity index (χ2n) is 10.5. The molecule has 1 unspecified atom stereocenters. The van der Waals surface area contributed by atoms with E-state index in [9.17, 15) is 14.7 Å². The Balaban J connectivity index is 1.83. The van der Waals surface area contributed by atoms with E-state index in [1.165, 1.54) is 12.0 Å². The van der Waals surface area contributed by atoms with Gasteiger partial charge in [0.15, 0.2) is 0 Å². The number of likely N-dealkylation sites (tertiary alicyclic amines) is 1. The Kier molecular flexibility index (Phi) is 7.56. The van der Waals surface area contributed by atoms with Crippen molar-refractivity contribution in [2.75, 3.05) is 7.11 Å². The molecule has 6 nitrogen and oxygen atoms in total. The summed E-state index contributed by atoms with van der Waals surface area (Å²) in [4.78, 5) is 28.4. The molecule has 4 rings (SSSR count). The highest BCUT2D eigenvalue weighted by Gasteiger charge is 2.46. The number of aliphatic hydroxyl groups is 1. The fourth-order valence-electron chi connectivity index (χ4n) is 4.70. The average Bonchev–Trinajstić information content (AvgIpc) is 3.08. The van der Waals surface area contributed by atoms with Gasteiger partial charge in [-0.25, -0.2) is 0 Å². The number of benzene rings is 3. The van der Waals surface area contributed by atoms with Crippen molar-refractivity contribution in [3.63, 3.8) is 0 Å². The van der Waals surface area contributed by atoms with Crippen molar-refractivity contribution in [1.29, 1.82) is 0 Å². The first-order valence-electron chi connectivity index (χ1n) is 12.4. The number of methoxy groups -OCH3 is 1. The molecule has 0 saturated carbocycles. The minimum atomic E-state index is -0.801. The van der Waals surface area contributed by atoms with Gasteiger partial charge in [-0.05, 0) is 75.6 Å². The summed E-state index contributed by atoms with van der Waals surface area (Å²) in [5.74, 6) is -0.832. The highest BCUT2D eigenvalue weighted by molar-refractivity contribution is 6.46. The summed E-state index contributed by atoms with van der Waals surface area (Å²) >= 11 is 6.38. The molecule has 7 heteroatoms. The zero-order valence-corrected chi connectivity index (χ0v) is 23.2. The van der Waals surface area contributed by atoms with Crippen LogP contribution in [0.3, 0.4) is 0 Å². The molecule has 0 bridgehead atoms. The summed E-state index contributed by atoms with van der Waals surface area (Å²) in [5, 5.41) is 11.8. The number of aryl methyl sites for hydroxylation is 2. The molecule has 0 spiro atoms. The van der Waals surface area contributed by atoms with Gasteiger partial charge in [0.1, 0.15) is 22.9 Å². The van der Waals surface area contributed by atoms with Crippen molar-refractivity contribution in [3.05, 3.63) is 99.1 Å². The molecule has 0 aromatic heterocycles. The molecule has 0 radical (unpaired) electrons. The lowest BCUT2D eigenvalue weighted by atomic mass is 9.93. The maximum Gasteiger partial charge on any atom is 0.295 e. The second-order valence-corrected chi connectivity index (χ2v) is 10.9. The van der Waals surface area contributed by atoms with Crippen LogP contribution in [0.5, 0.6) is 11.5 Å². The molecule has 3 aromatic carbocycles. The van der Waals surface area contributed by atoms with Gasteiger partial charge >= 0.3 is 0 Å². The van der Waals surface area contributed by atoms with E-state index in [0.29, 0.717) is 10.8 Å². The van der Waals surface area contributed by atoms with Gasteiger partial charge in [0.2, 0.25) is 0 Å². The average molecular weight is 534 g/mol. The number of Topliss-reactive ketones (excluding diaryl/α,β-unsaturated/α-hetero) is 1. The molecule has 3 aromatic rings. The van der Waals surface area contributed by atoms with Crippen LogP contribution < -0.4 is 9.47 Å². The summed E-state index contributed by atoms with van der Waals surface area (Å²) in [6.45, 7) is 9.84. The van der Waals surface area contributed by atoms with Crippen molar-refractivity contribution in [3.8, 4) is 11.5 Å². The molecule has 0 aliphatic carbocycles. The Morgan fingerprint density at radius 1 is 1.00 bits per heavy atom. The van der Waals surface area contributed by atoms with Gasteiger partial charge in [0.05, 0.1) is 29.3 Å². The number of carbonyl (C=O) groups is 2. The summed E-state index contributed by atoms with van der Waals surface area (Å²) in [7, 11) is 1.44. The van der Waals surface area contributed by atoms with E-state index in [4.69, 9.17) is 21.1 Å². The molecule has 1 aliphatic heterocycles. The number of ketones is 1. The quantitative estimate of drug-likeness (QED) is 0.215. The first-order chi connectivity index (χ1) is 17.9. The lowest BCUT2D eigenvalue weighted by Crippen LogP contribution is -2.29. The topological polar surface area (TPSA) is 76.1 Å². The molecule has 1 N–H and O–H groups in total. The van der Waals surface area contributed by atoms with Crippen molar-refractivity contribution < 1.29 is 24.2 Å². The van der Waals surface area contributed by atoms with Gasteiger partial charge in [-0.3, -0.25) is 9.59 Å². The van der Waals surface area contributed by atoms with Crippen molar-refractivity contribution in [2.45, 2.75) is 52.8 Å². The normalized spacial score (nSPS) is 17.1. The Hall–Kier alpha value is -3.77. The van der Waals surface area contributed by atoms with E-state index in [1.54, 1.807) is 12.1 Å². The number of hydrogen-bond acceptors (Lipinski definition) is 5. The largest absolute Gasteiger partial charge is 0.507 e. The monoisotopic (exact) mass is 533 g/mol. The molecule has 1 atom stereocenters. The summed E-state index contributed by atoms with van der Waals surface area (Å²) < 4.78 is 11.4. The Morgan fingerprint density at radius 3 is 2.29 bits per heavy atom. The first kappa shape index (κ1) is 27.3. The molecular formula is C31H32ClNO5. The highest BCUT2D eigenvalue weighted by atomic mass is 35.5. The minimum Gasteiger partial charge on any atom is -0.507 e. The molecular weight excluding hydrogens is 502 g/mol. The molecule has 1 saturated heterocycles. The van der Waals surface area contributed by atoms with Crippen LogP contribution in [0.2, 0.25) is 5.02 Å². The number of rotatable bonds is 6. The maximum absolute atomic E-state index is 13.5. The van der Waals surface area contributed by atoms with Gasteiger partial charge in [0.25, 0.3) is 11.7 Å². The van der Waals surface area contributed by atoms with E-state index in [0.717, 1.165) is 22.3 Å². The second kappa shape index (κ2) is 10.5. The van der Waals surface area contributed by atoms with Crippen molar-refractivity contribution in [1.82, 2.24) is 4.90 Å². The van der Waals surface area contributed by atoms with Crippen LogP contribution in [0, 0.1) is 13.8 Å². The molecule has 1 fully saturated rings. The van der Waals surface area contributed by atoms with Gasteiger partial charge in [-0.1, -0.05) is 53.6 Å². The van der Waals surface area contributed by atoms with Gasteiger partial charge in [-0.15, -0.1) is 0 Å². The number of amides is 1. The fraction of sp³-hybridized carbons (Fsp3) is 0.290. The van der Waals surface area contributed by atoms with E-state index in [-0.39, 0.29) is 34.8 Å². The Morgan fingerprint density at radius 2 is 1.68 bits per heavy atom. The minimum absolute atomic E-state index is 0.00625. The lowest BCUT2D eigenvalue weighted by Gasteiger charge is -2.26. The molecule has 38 heavy (non-hydrogen) atoms. The van der Waals surface area contributed by atoms with Crippen LogP contribution >= 0.6 is 11.6 Å².